The largest absolute Gasteiger partial charge is 0.350 e. The van der Waals surface area contributed by atoms with Crippen molar-refractivity contribution in [2.45, 2.75) is 47.3 Å². The average Bonchev–Trinajstić information content (AvgIpc) is 3.18. The van der Waals surface area contributed by atoms with E-state index in [2.05, 4.69) is 27.5 Å². The van der Waals surface area contributed by atoms with Crippen molar-refractivity contribution >= 4 is 27.5 Å². The maximum absolute atomic E-state index is 12.8. The fourth-order valence-electron chi connectivity index (χ4n) is 3.68. The third kappa shape index (κ3) is 4.16. The molecule has 4 aromatic rings. The molecule has 0 saturated carbocycles. The Hall–Kier alpha value is -3.26. The molecule has 0 aliphatic heterocycles. The molecule has 3 heterocycles. The van der Waals surface area contributed by atoms with Gasteiger partial charge < -0.3 is 5.32 Å². The highest BCUT2D eigenvalue weighted by molar-refractivity contribution is 7.18. The molecule has 0 atom stereocenters. The first kappa shape index (κ1) is 21.0. The molecule has 4 rings (SSSR count). The summed E-state index contributed by atoms with van der Waals surface area (Å²) in [5.41, 5.74) is 4.83. The number of nitrogens with zero attached hydrogens (tertiary/aromatic N) is 4. The highest BCUT2D eigenvalue weighted by Crippen LogP contribution is 2.25. The third-order valence-corrected chi connectivity index (χ3v) is 6.75. The molecule has 1 aromatic carbocycles. The standard InChI is InChI=1S/C23H25N5O2S/c1-14-17(4)31-22-21(14)23(30)27(13-25-22)12-20(29)24-10-19-15(2)26-28(16(19)3)11-18-8-6-5-7-9-18/h5-9,13H,10-12H2,1-4H3,(H,24,29). The first-order valence-electron chi connectivity index (χ1n) is 10.1. The Morgan fingerprint density at radius 2 is 1.87 bits per heavy atom. The number of fused-ring (bicyclic) bond motifs is 1. The number of aromatic nitrogens is 4. The van der Waals surface area contributed by atoms with E-state index in [1.54, 1.807) is 0 Å². The lowest BCUT2D eigenvalue weighted by molar-refractivity contribution is -0.121. The molecule has 8 heteroatoms. The molecule has 7 nitrogen and oxygen atoms in total. The number of carbonyl (C=O) groups excluding carboxylic acids is 1. The predicted molar refractivity (Wildman–Crippen MR) is 122 cm³/mol. The summed E-state index contributed by atoms with van der Waals surface area (Å²) in [6.07, 6.45) is 1.45. The Bertz CT molecular complexity index is 1320. The van der Waals surface area contributed by atoms with Crippen molar-refractivity contribution in [1.29, 1.82) is 0 Å². The minimum atomic E-state index is -0.234. The van der Waals surface area contributed by atoms with E-state index in [1.165, 1.54) is 27.8 Å². The van der Waals surface area contributed by atoms with E-state index in [0.29, 0.717) is 23.3 Å². The predicted octanol–water partition coefficient (Wildman–Crippen LogP) is 3.25. The smallest absolute Gasteiger partial charge is 0.262 e. The normalized spacial score (nSPS) is 11.2. The average molecular weight is 436 g/mol. The maximum atomic E-state index is 12.8. The second kappa shape index (κ2) is 8.47. The minimum Gasteiger partial charge on any atom is -0.350 e. The lowest BCUT2D eigenvalue weighted by Crippen LogP contribution is -2.32. The molecule has 0 bridgehead atoms. The summed E-state index contributed by atoms with van der Waals surface area (Å²) < 4.78 is 3.32. The number of nitrogens with one attached hydrogen (secondary N) is 1. The summed E-state index contributed by atoms with van der Waals surface area (Å²) in [6, 6.07) is 10.1. The van der Waals surface area contributed by atoms with Crippen molar-refractivity contribution in [3.63, 3.8) is 0 Å². The van der Waals surface area contributed by atoms with Crippen LogP contribution in [0.5, 0.6) is 0 Å². The van der Waals surface area contributed by atoms with Gasteiger partial charge in [0.25, 0.3) is 5.56 Å². The lowest BCUT2D eigenvalue weighted by Gasteiger charge is -2.09. The van der Waals surface area contributed by atoms with Crippen molar-refractivity contribution in [2.24, 2.45) is 0 Å². The molecule has 0 fully saturated rings. The molecular weight excluding hydrogens is 410 g/mol. The number of hydrogen-bond acceptors (Lipinski definition) is 5. The molecule has 0 aliphatic rings. The summed E-state index contributed by atoms with van der Waals surface area (Å²) in [6.45, 7) is 8.83. The van der Waals surface area contributed by atoms with Gasteiger partial charge in [-0.3, -0.25) is 18.8 Å². The summed E-state index contributed by atoms with van der Waals surface area (Å²) in [4.78, 5) is 31.5. The quantitative estimate of drug-likeness (QED) is 0.504. The van der Waals surface area contributed by atoms with Gasteiger partial charge in [-0.1, -0.05) is 30.3 Å². The van der Waals surface area contributed by atoms with Crippen molar-refractivity contribution in [3.05, 3.63) is 80.0 Å². The van der Waals surface area contributed by atoms with Gasteiger partial charge >= 0.3 is 0 Å². The van der Waals surface area contributed by atoms with Crippen LogP contribution in [0.15, 0.2) is 41.5 Å². The molecule has 3 aromatic heterocycles. The van der Waals surface area contributed by atoms with E-state index in [4.69, 9.17) is 0 Å². The van der Waals surface area contributed by atoms with Crippen LogP contribution in [0.4, 0.5) is 0 Å². The van der Waals surface area contributed by atoms with Crippen molar-refractivity contribution in [2.75, 3.05) is 0 Å². The van der Waals surface area contributed by atoms with Gasteiger partial charge in [-0.2, -0.15) is 5.10 Å². The third-order valence-electron chi connectivity index (χ3n) is 5.64. The van der Waals surface area contributed by atoms with E-state index in [9.17, 15) is 9.59 Å². The molecule has 0 aliphatic carbocycles. The second-order valence-corrected chi connectivity index (χ2v) is 8.91. The molecule has 31 heavy (non-hydrogen) atoms. The van der Waals surface area contributed by atoms with E-state index < -0.39 is 0 Å². The topological polar surface area (TPSA) is 81.8 Å². The minimum absolute atomic E-state index is 0.0631. The van der Waals surface area contributed by atoms with Crippen LogP contribution in [0.25, 0.3) is 10.2 Å². The van der Waals surface area contributed by atoms with Crippen LogP contribution in [0, 0.1) is 27.7 Å². The Labute approximate surface area is 184 Å². The number of hydrogen-bond donors (Lipinski definition) is 1. The van der Waals surface area contributed by atoms with Crippen LogP contribution >= 0.6 is 11.3 Å². The van der Waals surface area contributed by atoms with Gasteiger partial charge in [0.15, 0.2) is 0 Å². The van der Waals surface area contributed by atoms with Crippen LogP contribution in [-0.2, 0) is 24.4 Å². The van der Waals surface area contributed by atoms with E-state index in [-0.39, 0.29) is 18.0 Å². The van der Waals surface area contributed by atoms with Crippen molar-refractivity contribution < 1.29 is 4.79 Å². The lowest BCUT2D eigenvalue weighted by atomic mass is 10.2. The Morgan fingerprint density at radius 3 is 2.61 bits per heavy atom. The number of rotatable bonds is 6. The second-order valence-electron chi connectivity index (χ2n) is 7.71. The Kier molecular flexibility index (Phi) is 5.73. The summed E-state index contributed by atoms with van der Waals surface area (Å²) in [5, 5.41) is 8.16. The zero-order valence-corrected chi connectivity index (χ0v) is 18.9. The van der Waals surface area contributed by atoms with Crippen LogP contribution in [0.3, 0.4) is 0 Å². The fraction of sp³-hybridized carbons (Fsp3) is 0.304. The Balaban J connectivity index is 1.46. The fourth-order valence-corrected chi connectivity index (χ4v) is 4.67. The van der Waals surface area contributed by atoms with Crippen molar-refractivity contribution in [1.82, 2.24) is 24.6 Å². The molecule has 1 N–H and O–H groups in total. The molecular formula is C23H25N5O2S. The molecule has 0 radical (unpaired) electrons. The number of benzene rings is 1. The number of amides is 1. The van der Waals surface area contributed by atoms with Crippen LogP contribution < -0.4 is 10.9 Å². The first-order valence-corrected chi connectivity index (χ1v) is 11.0. The highest BCUT2D eigenvalue weighted by Gasteiger charge is 2.15. The zero-order valence-electron chi connectivity index (χ0n) is 18.1. The number of thiophene rings is 1. The van der Waals surface area contributed by atoms with E-state index in [1.807, 2.05) is 50.6 Å². The molecule has 160 valence electrons. The summed E-state index contributed by atoms with van der Waals surface area (Å²) in [7, 11) is 0. The summed E-state index contributed by atoms with van der Waals surface area (Å²) >= 11 is 1.50. The van der Waals surface area contributed by atoms with Gasteiger partial charge in [-0.25, -0.2) is 4.98 Å². The van der Waals surface area contributed by atoms with Gasteiger partial charge in [0.05, 0.1) is 24.0 Å². The maximum Gasteiger partial charge on any atom is 0.262 e. The molecule has 1 amide bonds. The van der Waals surface area contributed by atoms with Gasteiger partial charge in [0.2, 0.25) is 5.91 Å². The van der Waals surface area contributed by atoms with Gasteiger partial charge in [0, 0.05) is 22.7 Å². The SMILES string of the molecule is Cc1nn(Cc2ccccc2)c(C)c1CNC(=O)Cn1cnc2sc(C)c(C)c2c1=O. The van der Waals surface area contributed by atoms with Crippen LogP contribution in [0.2, 0.25) is 0 Å². The Morgan fingerprint density at radius 1 is 1.13 bits per heavy atom. The van der Waals surface area contributed by atoms with E-state index >= 15 is 0 Å². The van der Waals surface area contributed by atoms with Gasteiger partial charge in [-0.15, -0.1) is 11.3 Å². The molecule has 0 unspecified atom stereocenters. The molecule has 0 spiro atoms. The first-order chi connectivity index (χ1) is 14.8. The van der Waals surface area contributed by atoms with Gasteiger partial charge in [0.1, 0.15) is 11.4 Å². The monoisotopic (exact) mass is 435 g/mol. The van der Waals surface area contributed by atoms with Crippen molar-refractivity contribution in [3.8, 4) is 0 Å². The van der Waals surface area contributed by atoms with Gasteiger partial charge in [-0.05, 0) is 38.8 Å². The van der Waals surface area contributed by atoms with E-state index in [0.717, 1.165) is 27.4 Å². The highest BCUT2D eigenvalue weighted by atomic mass is 32.1. The zero-order chi connectivity index (χ0) is 22.1. The number of aryl methyl sites for hydroxylation is 3. The molecule has 0 saturated heterocycles. The summed E-state index contributed by atoms with van der Waals surface area (Å²) in [5.74, 6) is -0.234. The van der Waals surface area contributed by atoms with Crippen LogP contribution in [-0.4, -0.2) is 25.2 Å². The van der Waals surface area contributed by atoms with Crippen LogP contribution in [0.1, 0.15) is 33.0 Å². The number of carbonyl (C=O) groups is 1.